The Balaban J connectivity index is 1.56. The Kier molecular flexibility index (Phi) is 5.28. The number of hydrogen-bond donors (Lipinski definition) is 2. The molecule has 8 heteroatoms. The lowest BCUT2D eigenvalue weighted by atomic mass is 9.79. The molecule has 0 bridgehead atoms. The molecule has 2 unspecified atom stereocenters. The standard InChI is InChI=1S/C27H29N5O2S/c28-19-7-6-14-27(29,15-19)26-30-16-22(18-12-13-18)25(31-26)23-17-32(24-11-5-4-10-21(23)24)35(33,34)20-8-2-1-3-9-20/h1-5,8-11,16-19H,6-7,12-15,28-29H2. The highest BCUT2D eigenvalue weighted by Crippen LogP contribution is 2.46. The van der Waals surface area contributed by atoms with Crippen LogP contribution >= 0.6 is 0 Å². The molecule has 2 atom stereocenters. The van der Waals surface area contributed by atoms with Crippen molar-refractivity contribution >= 4 is 20.9 Å². The summed E-state index contributed by atoms with van der Waals surface area (Å²) in [5.74, 6) is 0.976. The van der Waals surface area contributed by atoms with Crippen LogP contribution in [0.3, 0.4) is 0 Å². The van der Waals surface area contributed by atoms with Crippen LogP contribution in [0.25, 0.3) is 22.2 Å². The molecule has 2 aromatic carbocycles. The molecule has 2 saturated carbocycles. The summed E-state index contributed by atoms with van der Waals surface area (Å²) in [5, 5.41) is 0.838. The van der Waals surface area contributed by atoms with Gasteiger partial charge in [0.15, 0.2) is 0 Å². The lowest BCUT2D eigenvalue weighted by Gasteiger charge is -2.35. The van der Waals surface area contributed by atoms with Gasteiger partial charge in [0, 0.05) is 29.4 Å². The fourth-order valence-corrected chi connectivity index (χ4v) is 6.73. The summed E-state index contributed by atoms with van der Waals surface area (Å²) in [7, 11) is -3.79. The third-order valence-electron chi connectivity index (χ3n) is 7.34. The van der Waals surface area contributed by atoms with E-state index in [1.54, 1.807) is 30.5 Å². The SMILES string of the molecule is NC1CCCC(N)(c2ncc(C3CC3)c(-c3cn(S(=O)(=O)c4ccccc4)c4ccccc34)n2)C1. The summed E-state index contributed by atoms with van der Waals surface area (Å²) in [6, 6.07) is 16.1. The maximum absolute atomic E-state index is 13.6. The van der Waals surface area contributed by atoms with Crippen molar-refractivity contribution in [1.29, 1.82) is 0 Å². The van der Waals surface area contributed by atoms with E-state index in [2.05, 4.69) is 0 Å². The number of nitrogens with zero attached hydrogens (tertiary/aromatic N) is 3. The number of nitrogens with two attached hydrogens (primary N) is 2. The first-order chi connectivity index (χ1) is 16.9. The number of para-hydroxylation sites is 1. The molecule has 2 heterocycles. The molecule has 2 aromatic heterocycles. The Hall–Kier alpha value is -3.07. The highest BCUT2D eigenvalue weighted by Gasteiger charge is 2.37. The molecule has 4 aromatic rings. The van der Waals surface area contributed by atoms with Crippen LogP contribution in [0.5, 0.6) is 0 Å². The summed E-state index contributed by atoms with van der Waals surface area (Å²) in [6.45, 7) is 0. The van der Waals surface area contributed by atoms with Gasteiger partial charge in [-0.25, -0.2) is 22.4 Å². The van der Waals surface area contributed by atoms with E-state index in [1.807, 2.05) is 36.5 Å². The first kappa shape index (κ1) is 22.4. The van der Waals surface area contributed by atoms with Gasteiger partial charge in [-0.15, -0.1) is 0 Å². The molecule has 2 fully saturated rings. The highest BCUT2D eigenvalue weighted by atomic mass is 32.2. The molecule has 2 aliphatic rings. The minimum Gasteiger partial charge on any atom is -0.328 e. The fraction of sp³-hybridized carbons (Fsp3) is 0.333. The van der Waals surface area contributed by atoms with Crippen molar-refractivity contribution in [1.82, 2.24) is 13.9 Å². The van der Waals surface area contributed by atoms with E-state index in [0.717, 1.165) is 54.3 Å². The largest absolute Gasteiger partial charge is 0.328 e. The smallest absolute Gasteiger partial charge is 0.268 e. The van der Waals surface area contributed by atoms with E-state index in [9.17, 15) is 8.42 Å². The van der Waals surface area contributed by atoms with Crippen molar-refractivity contribution in [3.8, 4) is 11.3 Å². The molecular formula is C27H29N5O2S. The van der Waals surface area contributed by atoms with E-state index >= 15 is 0 Å². The van der Waals surface area contributed by atoms with E-state index < -0.39 is 15.6 Å². The molecule has 0 spiro atoms. The molecule has 0 amide bonds. The van der Waals surface area contributed by atoms with Crippen molar-refractivity contribution < 1.29 is 8.42 Å². The van der Waals surface area contributed by atoms with Crippen molar-refractivity contribution in [2.45, 2.75) is 60.9 Å². The van der Waals surface area contributed by atoms with Crippen LogP contribution in [0.15, 0.2) is 71.9 Å². The van der Waals surface area contributed by atoms with Gasteiger partial charge in [0.1, 0.15) is 5.82 Å². The average molecular weight is 488 g/mol. The van der Waals surface area contributed by atoms with Crippen molar-refractivity contribution in [2.24, 2.45) is 11.5 Å². The minimum atomic E-state index is -3.79. The Labute approximate surface area is 205 Å². The molecular weight excluding hydrogens is 458 g/mol. The summed E-state index contributed by atoms with van der Waals surface area (Å²) in [5.41, 5.74) is 15.6. The Morgan fingerprint density at radius 2 is 1.74 bits per heavy atom. The maximum Gasteiger partial charge on any atom is 0.268 e. The van der Waals surface area contributed by atoms with Gasteiger partial charge < -0.3 is 11.5 Å². The van der Waals surface area contributed by atoms with Crippen molar-refractivity contribution in [2.75, 3.05) is 0 Å². The molecule has 0 radical (unpaired) electrons. The molecule has 180 valence electrons. The monoisotopic (exact) mass is 487 g/mol. The number of benzene rings is 2. The van der Waals surface area contributed by atoms with Crippen LogP contribution in [-0.4, -0.2) is 28.4 Å². The van der Waals surface area contributed by atoms with E-state index in [0.29, 0.717) is 23.7 Å². The van der Waals surface area contributed by atoms with Crippen molar-refractivity contribution in [3.05, 3.63) is 78.4 Å². The quantitative estimate of drug-likeness (QED) is 0.434. The van der Waals surface area contributed by atoms with Crippen LogP contribution in [-0.2, 0) is 15.6 Å². The third kappa shape index (κ3) is 3.86. The predicted molar refractivity (Wildman–Crippen MR) is 136 cm³/mol. The van der Waals surface area contributed by atoms with Crippen LogP contribution < -0.4 is 11.5 Å². The zero-order valence-electron chi connectivity index (χ0n) is 19.5. The summed E-state index contributed by atoms with van der Waals surface area (Å²) < 4.78 is 28.6. The second-order valence-electron chi connectivity index (χ2n) is 9.96. The van der Waals surface area contributed by atoms with Gasteiger partial charge in [-0.3, -0.25) is 0 Å². The van der Waals surface area contributed by atoms with Crippen LogP contribution in [0.1, 0.15) is 55.8 Å². The molecule has 35 heavy (non-hydrogen) atoms. The summed E-state index contributed by atoms with van der Waals surface area (Å²) >= 11 is 0. The molecule has 6 rings (SSSR count). The molecule has 4 N–H and O–H groups in total. The Morgan fingerprint density at radius 1 is 1.00 bits per heavy atom. The van der Waals surface area contributed by atoms with Gasteiger partial charge in [0.2, 0.25) is 0 Å². The second-order valence-corrected chi connectivity index (χ2v) is 11.8. The minimum absolute atomic E-state index is 0.0295. The van der Waals surface area contributed by atoms with Crippen molar-refractivity contribution in [3.63, 3.8) is 0 Å². The maximum atomic E-state index is 13.6. The zero-order chi connectivity index (χ0) is 24.2. The lowest BCUT2D eigenvalue weighted by molar-refractivity contribution is 0.260. The summed E-state index contributed by atoms with van der Waals surface area (Å²) in [6.07, 6.45) is 9.09. The van der Waals surface area contributed by atoms with Gasteiger partial charge in [-0.1, -0.05) is 36.4 Å². The zero-order valence-corrected chi connectivity index (χ0v) is 20.3. The molecule has 2 aliphatic carbocycles. The average Bonchev–Trinajstić information content (AvgIpc) is 3.64. The fourth-order valence-electron chi connectivity index (χ4n) is 5.34. The number of fused-ring (bicyclic) bond motifs is 1. The third-order valence-corrected chi connectivity index (χ3v) is 9.02. The Morgan fingerprint density at radius 3 is 2.49 bits per heavy atom. The van der Waals surface area contributed by atoms with E-state index in [-0.39, 0.29) is 10.9 Å². The van der Waals surface area contributed by atoms with Gasteiger partial charge in [-0.2, -0.15) is 0 Å². The van der Waals surface area contributed by atoms with Gasteiger partial charge in [-0.05, 0) is 68.2 Å². The first-order valence-electron chi connectivity index (χ1n) is 12.2. The van der Waals surface area contributed by atoms with E-state index in [4.69, 9.17) is 21.4 Å². The van der Waals surface area contributed by atoms with Crippen LogP contribution in [0.4, 0.5) is 0 Å². The van der Waals surface area contributed by atoms with Gasteiger partial charge in [0.25, 0.3) is 10.0 Å². The topological polar surface area (TPSA) is 117 Å². The van der Waals surface area contributed by atoms with Gasteiger partial charge in [0.05, 0.1) is 21.6 Å². The lowest BCUT2D eigenvalue weighted by Crippen LogP contribution is -2.47. The number of rotatable bonds is 5. The van der Waals surface area contributed by atoms with Crippen LogP contribution in [0.2, 0.25) is 0 Å². The normalized spacial score (nSPS) is 23.0. The number of hydrogen-bond acceptors (Lipinski definition) is 6. The molecule has 0 saturated heterocycles. The number of aromatic nitrogens is 3. The van der Waals surface area contributed by atoms with E-state index in [1.165, 1.54) is 3.97 Å². The molecule has 0 aliphatic heterocycles. The summed E-state index contributed by atoms with van der Waals surface area (Å²) in [4.78, 5) is 10.0. The predicted octanol–water partition coefficient (Wildman–Crippen LogP) is 4.27. The highest BCUT2D eigenvalue weighted by molar-refractivity contribution is 7.90. The second kappa shape index (κ2) is 8.26. The molecule has 7 nitrogen and oxygen atoms in total. The van der Waals surface area contributed by atoms with Gasteiger partial charge >= 0.3 is 0 Å². The Bertz CT molecular complexity index is 1510. The first-order valence-corrected chi connectivity index (χ1v) is 13.6. The van der Waals surface area contributed by atoms with Crippen LogP contribution in [0, 0.1) is 0 Å².